The van der Waals surface area contributed by atoms with Crippen molar-refractivity contribution >= 4 is 27.7 Å². The van der Waals surface area contributed by atoms with E-state index >= 15 is 0 Å². The number of hydrogen-bond donors (Lipinski definition) is 1. The maximum absolute atomic E-state index is 10.8. The second-order valence-corrected chi connectivity index (χ2v) is 4.45. The van der Waals surface area contributed by atoms with Crippen LogP contribution in [0.2, 0.25) is 0 Å². The van der Waals surface area contributed by atoms with Gasteiger partial charge in [-0.1, -0.05) is 12.1 Å². The zero-order valence-electron chi connectivity index (χ0n) is 7.78. The fourth-order valence-corrected chi connectivity index (χ4v) is 2.60. The Kier molecular flexibility index (Phi) is 2.35. The van der Waals surface area contributed by atoms with E-state index in [0.717, 1.165) is 26.8 Å². The lowest BCUT2D eigenvalue weighted by atomic mass is 10.1. The van der Waals surface area contributed by atoms with Crippen LogP contribution in [0.5, 0.6) is 0 Å². The average molecular weight is 206 g/mol. The maximum atomic E-state index is 10.8. The lowest BCUT2D eigenvalue weighted by molar-refractivity contribution is 0.112. The molecule has 2 aromatic rings. The number of aldehydes is 1. The van der Waals surface area contributed by atoms with Crippen LogP contribution in [0.1, 0.15) is 20.8 Å². The van der Waals surface area contributed by atoms with E-state index in [0.29, 0.717) is 5.56 Å². The number of fused-ring (bicyclic) bond motifs is 1. The maximum Gasteiger partial charge on any atom is 0.150 e. The molecule has 0 aliphatic rings. The molecule has 0 bridgehead atoms. The van der Waals surface area contributed by atoms with E-state index in [-0.39, 0.29) is 6.61 Å². The number of carbonyl (C=O) groups excluding carboxylic acids is 1. The Morgan fingerprint density at radius 1 is 1.50 bits per heavy atom. The number of aliphatic hydroxyl groups excluding tert-OH is 1. The fraction of sp³-hybridized carbons (Fsp3) is 0.182. The standard InChI is InChI=1S/C11H10O2S/c1-7-4-10-8(5-12)2-3-9(6-13)11(10)14-7/h2-5,13H,6H2,1H3. The Labute approximate surface area is 85.8 Å². The minimum absolute atomic E-state index is 0.0234. The normalized spacial score (nSPS) is 10.7. The molecule has 1 heterocycles. The van der Waals surface area contributed by atoms with Gasteiger partial charge in [-0.2, -0.15) is 0 Å². The van der Waals surface area contributed by atoms with Gasteiger partial charge in [-0.3, -0.25) is 4.79 Å². The first-order chi connectivity index (χ1) is 6.76. The summed E-state index contributed by atoms with van der Waals surface area (Å²) < 4.78 is 1.02. The molecule has 0 unspecified atom stereocenters. The van der Waals surface area contributed by atoms with Crippen molar-refractivity contribution < 1.29 is 9.90 Å². The SMILES string of the molecule is Cc1cc2c(C=O)ccc(CO)c2s1. The van der Waals surface area contributed by atoms with Crippen LogP contribution in [0, 0.1) is 6.92 Å². The Morgan fingerprint density at radius 3 is 2.93 bits per heavy atom. The van der Waals surface area contributed by atoms with Gasteiger partial charge in [0.05, 0.1) is 6.61 Å². The number of carbonyl (C=O) groups is 1. The number of hydrogen-bond acceptors (Lipinski definition) is 3. The second-order valence-electron chi connectivity index (χ2n) is 3.19. The third kappa shape index (κ3) is 1.35. The Hall–Kier alpha value is -1.19. The molecule has 0 aliphatic carbocycles. The highest BCUT2D eigenvalue weighted by atomic mass is 32.1. The average Bonchev–Trinajstić information content (AvgIpc) is 2.57. The third-order valence-corrected chi connectivity index (χ3v) is 3.35. The second kappa shape index (κ2) is 3.52. The molecule has 0 saturated carbocycles. The van der Waals surface area contributed by atoms with Gasteiger partial charge >= 0.3 is 0 Å². The number of benzene rings is 1. The largest absolute Gasteiger partial charge is 0.392 e. The van der Waals surface area contributed by atoms with Gasteiger partial charge in [0.2, 0.25) is 0 Å². The molecule has 0 atom stereocenters. The highest BCUT2D eigenvalue weighted by molar-refractivity contribution is 7.19. The molecule has 0 saturated heterocycles. The molecule has 0 radical (unpaired) electrons. The van der Waals surface area contributed by atoms with Gasteiger partial charge in [-0.15, -0.1) is 11.3 Å². The van der Waals surface area contributed by atoms with Crippen molar-refractivity contribution in [3.05, 3.63) is 34.2 Å². The lowest BCUT2D eigenvalue weighted by Gasteiger charge is -1.99. The van der Waals surface area contributed by atoms with E-state index in [2.05, 4.69) is 0 Å². The van der Waals surface area contributed by atoms with Gasteiger partial charge in [0.15, 0.2) is 6.29 Å². The minimum atomic E-state index is 0.0234. The summed E-state index contributed by atoms with van der Waals surface area (Å²) >= 11 is 1.61. The number of aliphatic hydroxyl groups is 1. The van der Waals surface area contributed by atoms with E-state index in [1.54, 1.807) is 17.4 Å². The van der Waals surface area contributed by atoms with Crippen LogP contribution in [0.25, 0.3) is 10.1 Å². The van der Waals surface area contributed by atoms with Crippen molar-refractivity contribution in [1.82, 2.24) is 0 Å². The molecule has 1 N–H and O–H groups in total. The zero-order chi connectivity index (χ0) is 10.1. The minimum Gasteiger partial charge on any atom is -0.392 e. The molecule has 0 aliphatic heterocycles. The summed E-state index contributed by atoms with van der Waals surface area (Å²) in [5.41, 5.74) is 1.59. The summed E-state index contributed by atoms with van der Waals surface area (Å²) in [5, 5.41) is 10.1. The first-order valence-corrected chi connectivity index (χ1v) is 5.16. The molecule has 1 aromatic carbocycles. The monoisotopic (exact) mass is 206 g/mol. The molecular weight excluding hydrogens is 196 g/mol. The van der Waals surface area contributed by atoms with Crippen molar-refractivity contribution in [3.63, 3.8) is 0 Å². The van der Waals surface area contributed by atoms with E-state index < -0.39 is 0 Å². The van der Waals surface area contributed by atoms with Gasteiger partial charge in [-0.05, 0) is 18.6 Å². The third-order valence-electron chi connectivity index (χ3n) is 2.22. The molecule has 2 nitrogen and oxygen atoms in total. The quantitative estimate of drug-likeness (QED) is 0.766. The summed E-state index contributed by atoms with van der Waals surface area (Å²) in [4.78, 5) is 11.9. The van der Waals surface area contributed by atoms with Gasteiger partial charge in [0.25, 0.3) is 0 Å². The summed E-state index contributed by atoms with van der Waals surface area (Å²) in [7, 11) is 0. The molecule has 3 heteroatoms. The van der Waals surface area contributed by atoms with E-state index in [4.69, 9.17) is 5.11 Å². The molecule has 1 aromatic heterocycles. The molecular formula is C11H10O2S. The van der Waals surface area contributed by atoms with Gasteiger partial charge in [-0.25, -0.2) is 0 Å². The van der Waals surface area contributed by atoms with Gasteiger partial charge in [0, 0.05) is 20.5 Å². The van der Waals surface area contributed by atoms with Crippen molar-refractivity contribution in [2.75, 3.05) is 0 Å². The van der Waals surface area contributed by atoms with Crippen molar-refractivity contribution in [2.24, 2.45) is 0 Å². The van der Waals surface area contributed by atoms with Crippen LogP contribution in [-0.2, 0) is 6.61 Å². The summed E-state index contributed by atoms with van der Waals surface area (Å²) in [6.07, 6.45) is 0.857. The predicted octanol–water partition coefficient (Wildman–Crippen LogP) is 2.51. The van der Waals surface area contributed by atoms with E-state index in [9.17, 15) is 4.79 Å². The molecule has 0 fully saturated rings. The highest BCUT2D eigenvalue weighted by Gasteiger charge is 2.07. The topological polar surface area (TPSA) is 37.3 Å². The Bertz CT molecular complexity index is 485. The van der Waals surface area contributed by atoms with Crippen LogP contribution in [0.15, 0.2) is 18.2 Å². The van der Waals surface area contributed by atoms with E-state index in [1.807, 2.05) is 19.1 Å². The summed E-state index contributed by atoms with van der Waals surface area (Å²) in [6.45, 7) is 2.02. The van der Waals surface area contributed by atoms with Crippen LogP contribution in [0.4, 0.5) is 0 Å². The molecule has 72 valence electrons. The molecule has 0 spiro atoms. The summed E-state index contributed by atoms with van der Waals surface area (Å²) in [5.74, 6) is 0. The Balaban J connectivity index is 2.83. The van der Waals surface area contributed by atoms with E-state index in [1.165, 1.54) is 0 Å². The summed E-state index contributed by atoms with van der Waals surface area (Å²) in [6, 6.07) is 5.55. The van der Waals surface area contributed by atoms with Crippen LogP contribution in [-0.4, -0.2) is 11.4 Å². The zero-order valence-corrected chi connectivity index (χ0v) is 8.60. The smallest absolute Gasteiger partial charge is 0.150 e. The first kappa shape index (κ1) is 9.37. The van der Waals surface area contributed by atoms with Crippen molar-refractivity contribution in [3.8, 4) is 0 Å². The number of thiophene rings is 1. The molecule has 0 amide bonds. The van der Waals surface area contributed by atoms with Crippen LogP contribution in [0.3, 0.4) is 0 Å². The van der Waals surface area contributed by atoms with Gasteiger partial charge in [0.1, 0.15) is 0 Å². The van der Waals surface area contributed by atoms with Crippen molar-refractivity contribution in [2.45, 2.75) is 13.5 Å². The first-order valence-electron chi connectivity index (χ1n) is 4.34. The lowest BCUT2D eigenvalue weighted by Crippen LogP contribution is -1.86. The van der Waals surface area contributed by atoms with Crippen LogP contribution < -0.4 is 0 Å². The van der Waals surface area contributed by atoms with Crippen molar-refractivity contribution in [1.29, 1.82) is 0 Å². The predicted molar refractivity (Wildman–Crippen MR) is 57.9 cm³/mol. The number of aryl methyl sites for hydroxylation is 1. The van der Waals surface area contributed by atoms with Crippen LogP contribution >= 0.6 is 11.3 Å². The van der Waals surface area contributed by atoms with Gasteiger partial charge < -0.3 is 5.11 Å². The number of rotatable bonds is 2. The Morgan fingerprint density at radius 2 is 2.29 bits per heavy atom. The molecule has 2 rings (SSSR count). The molecule has 14 heavy (non-hydrogen) atoms. The fourth-order valence-electron chi connectivity index (χ4n) is 1.55. The highest BCUT2D eigenvalue weighted by Crippen LogP contribution is 2.30.